The molecule has 128 valence electrons. The van der Waals surface area contributed by atoms with Gasteiger partial charge in [0.1, 0.15) is 0 Å². The van der Waals surface area contributed by atoms with Crippen molar-refractivity contribution in [1.82, 2.24) is 9.80 Å². The number of nitrogens with zero attached hydrogens (tertiary/aromatic N) is 2. The van der Waals surface area contributed by atoms with Gasteiger partial charge in [0.25, 0.3) is 0 Å². The van der Waals surface area contributed by atoms with Gasteiger partial charge in [-0.2, -0.15) is 0 Å². The lowest BCUT2D eigenvalue weighted by Gasteiger charge is -2.37. The van der Waals surface area contributed by atoms with E-state index in [4.69, 9.17) is 0 Å². The fourth-order valence-electron chi connectivity index (χ4n) is 2.80. The Labute approximate surface area is 135 Å². The molecule has 0 aromatic heterocycles. The Morgan fingerprint density at radius 3 is 1.76 bits per heavy atom. The molecule has 1 aliphatic heterocycles. The molecular formula is C19H42N2. The normalized spacial score (nSPS) is 18.6. The Bertz CT molecular complexity index is 250. The molecule has 2 heteroatoms. The van der Waals surface area contributed by atoms with Crippen molar-refractivity contribution in [2.24, 2.45) is 16.7 Å². The van der Waals surface area contributed by atoms with E-state index in [0.717, 1.165) is 5.92 Å². The van der Waals surface area contributed by atoms with E-state index in [9.17, 15) is 0 Å². The van der Waals surface area contributed by atoms with Crippen LogP contribution in [0.2, 0.25) is 0 Å². The van der Waals surface area contributed by atoms with Crippen molar-refractivity contribution in [3.05, 3.63) is 0 Å². The monoisotopic (exact) mass is 298 g/mol. The first-order valence-corrected chi connectivity index (χ1v) is 8.75. The van der Waals surface area contributed by atoms with Crippen LogP contribution in [0.25, 0.3) is 0 Å². The van der Waals surface area contributed by atoms with E-state index in [1.807, 2.05) is 0 Å². The number of rotatable bonds is 3. The van der Waals surface area contributed by atoms with Crippen LogP contribution in [0, 0.1) is 16.7 Å². The molecule has 0 aromatic carbocycles. The maximum absolute atomic E-state index is 2.43. The molecule has 21 heavy (non-hydrogen) atoms. The molecule has 0 radical (unpaired) electrons. The summed E-state index contributed by atoms with van der Waals surface area (Å²) in [5, 5.41) is 0. The number of hydrogen-bond donors (Lipinski definition) is 0. The molecule has 2 nitrogen and oxygen atoms in total. The number of hydrogen-bond acceptors (Lipinski definition) is 2. The van der Waals surface area contributed by atoms with Gasteiger partial charge in [0.05, 0.1) is 0 Å². The van der Waals surface area contributed by atoms with Gasteiger partial charge in [-0.25, -0.2) is 0 Å². The summed E-state index contributed by atoms with van der Waals surface area (Å²) in [6, 6.07) is 0. The highest BCUT2D eigenvalue weighted by Crippen LogP contribution is 2.33. The first-order chi connectivity index (χ1) is 9.42. The predicted octanol–water partition coefficient (Wildman–Crippen LogP) is 4.75. The van der Waals surface area contributed by atoms with Crippen LogP contribution in [0.15, 0.2) is 0 Å². The molecule has 1 aliphatic rings. The van der Waals surface area contributed by atoms with Crippen LogP contribution in [0.1, 0.15) is 67.2 Å². The first kappa shape index (κ1) is 20.9. The minimum Gasteiger partial charge on any atom is -0.309 e. The summed E-state index contributed by atoms with van der Waals surface area (Å²) in [6.07, 6.45) is 5.42. The summed E-state index contributed by atoms with van der Waals surface area (Å²) in [5.41, 5.74) is 1.04. The number of likely N-dealkylation sites (tertiary alicyclic amines) is 1. The molecule has 0 bridgehead atoms. The zero-order valence-electron chi connectivity index (χ0n) is 16.4. The summed E-state index contributed by atoms with van der Waals surface area (Å²) >= 11 is 0. The third-order valence-corrected chi connectivity index (χ3v) is 4.48. The second kappa shape index (κ2) is 9.15. The Balaban J connectivity index is 0.000000384. The highest BCUT2D eigenvalue weighted by atomic mass is 15.1. The highest BCUT2D eigenvalue weighted by Gasteiger charge is 2.27. The molecule has 0 N–H and O–H groups in total. The van der Waals surface area contributed by atoms with Crippen LogP contribution in [-0.2, 0) is 0 Å². The largest absolute Gasteiger partial charge is 0.309 e. The summed E-state index contributed by atoms with van der Waals surface area (Å²) in [6.45, 7) is 17.8. The van der Waals surface area contributed by atoms with Crippen LogP contribution in [0.5, 0.6) is 0 Å². The standard InChI is InChI=1S/C10H21N.C9H21N/c1-10(2,3)9-5-7-11(4)8-6-9;1-9(2,3)7-6-8-10(4)5/h9H,5-8H2,1-4H3;6-8H2,1-5H3. The van der Waals surface area contributed by atoms with E-state index in [-0.39, 0.29) is 0 Å². The molecular weight excluding hydrogens is 256 g/mol. The molecule has 0 aliphatic carbocycles. The first-order valence-electron chi connectivity index (χ1n) is 8.75. The van der Waals surface area contributed by atoms with Gasteiger partial charge < -0.3 is 9.80 Å². The molecule has 0 unspecified atom stereocenters. The molecule has 1 fully saturated rings. The van der Waals surface area contributed by atoms with Crippen molar-refractivity contribution in [3.63, 3.8) is 0 Å². The van der Waals surface area contributed by atoms with Crippen LogP contribution in [-0.4, -0.2) is 50.6 Å². The van der Waals surface area contributed by atoms with Crippen LogP contribution < -0.4 is 0 Å². The van der Waals surface area contributed by atoms with E-state index in [1.54, 1.807) is 0 Å². The Kier molecular flexibility index (Phi) is 9.11. The lowest BCUT2D eigenvalue weighted by molar-refractivity contribution is 0.129. The molecule has 1 rings (SSSR count). The molecule has 0 aromatic rings. The van der Waals surface area contributed by atoms with Crippen molar-refractivity contribution in [1.29, 1.82) is 0 Å². The summed E-state index contributed by atoms with van der Waals surface area (Å²) in [4.78, 5) is 4.67. The van der Waals surface area contributed by atoms with Crippen molar-refractivity contribution < 1.29 is 0 Å². The maximum atomic E-state index is 2.43. The zero-order valence-corrected chi connectivity index (χ0v) is 16.4. The lowest BCUT2D eigenvalue weighted by Crippen LogP contribution is -2.35. The smallest absolute Gasteiger partial charge is 0.00189 e. The van der Waals surface area contributed by atoms with Crippen molar-refractivity contribution in [3.8, 4) is 0 Å². The Morgan fingerprint density at radius 2 is 1.43 bits per heavy atom. The van der Waals surface area contributed by atoms with Gasteiger partial charge in [-0.3, -0.25) is 0 Å². The molecule has 0 amide bonds. The van der Waals surface area contributed by atoms with E-state index < -0.39 is 0 Å². The highest BCUT2D eigenvalue weighted by molar-refractivity contribution is 4.79. The fourth-order valence-corrected chi connectivity index (χ4v) is 2.80. The summed E-state index contributed by atoms with van der Waals surface area (Å²) in [7, 11) is 6.48. The number of piperidine rings is 1. The van der Waals surface area contributed by atoms with Gasteiger partial charge in [-0.1, -0.05) is 41.5 Å². The van der Waals surface area contributed by atoms with Crippen molar-refractivity contribution >= 4 is 0 Å². The van der Waals surface area contributed by atoms with E-state index >= 15 is 0 Å². The Hall–Kier alpha value is -0.0800. The molecule has 1 saturated heterocycles. The van der Waals surface area contributed by atoms with E-state index in [0.29, 0.717) is 10.8 Å². The third kappa shape index (κ3) is 12.2. The van der Waals surface area contributed by atoms with Gasteiger partial charge in [0.2, 0.25) is 0 Å². The van der Waals surface area contributed by atoms with Crippen LogP contribution >= 0.6 is 0 Å². The average Bonchev–Trinajstić information content (AvgIpc) is 2.26. The summed E-state index contributed by atoms with van der Waals surface area (Å²) in [5.74, 6) is 0.943. The molecule has 0 saturated carbocycles. The molecule has 0 spiro atoms. The second-order valence-electron chi connectivity index (χ2n) is 9.41. The third-order valence-electron chi connectivity index (χ3n) is 4.48. The predicted molar refractivity (Wildman–Crippen MR) is 96.9 cm³/mol. The lowest BCUT2D eigenvalue weighted by atomic mass is 9.75. The average molecular weight is 299 g/mol. The topological polar surface area (TPSA) is 6.48 Å². The SMILES string of the molecule is CN(C)CCCC(C)(C)C.CN1CCC(C(C)(C)C)CC1. The van der Waals surface area contributed by atoms with Crippen LogP contribution in [0.4, 0.5) is 0 Å². The maximum Gasteiger partial charge on any atom is -0.00189 e. The minimum absolute atomic E-state index is 0.510. The summed E-state index contributed by atoms with van der Waals surface area (Å²) < 4.78 is 0. The van der Waals surface area contributed by atoms with Gasteiger partial charge in [0, 0.05) is 0 Å². The molecule has 1 heterocycles. The van der Waals surface area contributed by atoms with Gasteiger partial charge in [-0.05, 0) is 83.2 Å². The van der Waals surface area contributed by atoms with Crippen LogP contribution in [0.3, 0.4) is 0 Å². The van der Waals surface area contributed by atoms with E-state index in [1.165, 1.54) is 45.3 Å². The van der Waals surface area contributed by atoms with Gasteiger partial charge >= 0.3 is 0 Å². The second-order valence-corrected chi connectivity index (χ2v) is 9.41. The fraction of sp³-hybridized carbons (Fsp3) is 1.00. The minimum atomic E-state index is 0.510. The van der Waals surface area contributed by atoms with Gasteiger partial charge in [0.15, 0.2) is 0 Å². The quantitative estimate of drug-likeness (QED) is 0.742. The molecule has 0 atom stereocenters. The van der Waals surface area contributed by atoms with Gasteiger partial charge in [-0.15, -0.1) is 0 Å². The van der Waals surface area contributed by atoms with Crippen molar-refractivity contribution in [2.45, 2.75) is 67.2 Å². The Morgan fingerprint density at radius 1 is 0.952 bits per heavy atom. The van der Waals surface area contributed by atoms with Crippen molar-refractivity contribution in [2.75, 3.05) is 40.8 Å². The zero-order chi connectivity index (χ0) is 16.7. The van der Waals surface area contributed by atoms with E-state index in [2.05, 4.69) is 72.5 Å².